The third-order valence-electron chi connectivity index (χ3n) is 3.32. The average molecular weight is 251 g/mol. The van der Waals surface area contributed by atoms with Gasteiger partial charge in [-0.05, 0) is 17.7 Å². The molecule has 1 aliphatic carbocycles. The van der Waals surface area contributed by atoms with Crippen LogP contribution in [0.3, 0.4) is 0 Å². The quantitative estimate of drug-likeness (QED) is 0.834. The second-order valence-electron chi connectivity index (χ2n) is 4.61. The number of fused-ring (bicyclic) bond motifs is 1. The van der Waals surface area contributed by atoms with Gasteiger partial charge >= 0.3 is 0 Å². The number of Topliss-reactive ketones (excluding diaryl/α,β-unsaturated/α-hetero) is 2. The summed E-state index contributed by atoms with van der Waals surface area (Å²) in [5, 5.41) is 3.02. The van der Waals surface area contributed by atoms with Gasteiger partial charge in [0.05, 0.1) is 0 Å². The van der Waals surface area contributed by atoms with Gasteiger partial charge in [0.2, 0.25) is 0 Å². The number of ketones is 2. The van der Waals surface area contributed by atoms with Crippen molar-refractivity contribution in [2.24, 2.45) is 0 Å². The normalized spacial score (nSPS) is 18.0. The molecule has 0 spiro atoms. The molecule has 0 saturated heterocycles. The van der Waals surface area contributed by atoms with Crippen molar-refractivity contribution in [3.63, 3.8) is 0 Å². The maximum absolute atomic E-state index is 12.3. The van der Waals surface area contributed by atoms with Crippen LogP contribution in [0.5, 0.6) is 0 Å². The van der Waals surface area contributed by atoms with Gasteiger partial charge in [-0.2, -0.15) is 0 Å². The van der Waals surface area contributed by atoms with Gasteiger partial charge in [-0.3, -0.25) is 9.59 Å². The molecule has 3 heteroatoms. The lowest BCUT2D eigenvalue weighted by atomic mass is 9.86. The van der Waals surface area contributed by atoms with Gasteiger partial charge in [-0.25, -0.2) is 0 Å². The van der Waals surface area contributed by atoms with Gasteiger partial charge in [0.25, 0.3) is 0 Å². The number of hydrogen-bond donors (Lipinski definition) is 1. The first-order chi connectivity index (χ1) is 9.25. The number of carbonyl (C=O) groups excluding carboxylic acids is 2. The molecule has 0 fully saturated rings. The summed E-state index contributed by atoms with van der Waals surface area (Å²) in [5.41, 5.74) is 2.26. The molecule has 1 N–H and O–H groups in total. The van der Waals surface area contributed by atoms with E-state index in [9.17, 15) is 9.59 Å². The summed E-state index contributed by atoms with van der Waals surface area (Å²) in [7, 11) is 0. The zero-order chi connectivity index (χ0) is 13.2. The minimum Gasteiger partial charge on any atom is -0.369 e. The molecule has 1 atom stereocenters. The van der Waals surface area contributed by atoms with E-state index in [-0.39, 0.29) is 11.6 Å². The van der Waals surface area contributed by atoms with E-state index in [0.29, 0.717) is 12.0 Å². The fourth-order valence-corrected chi connectivity index (χ4v) is 2.35. The summed E-state index contributed by atoms with van der Waals surface area (Å²) in [5.74, 6) is -0.219. The molecule has 1 aliphatic rings. The molecule has 0 aromatic heterocycles. The molecule has 0 heterocycles. The van der Waals surface area contributed by atoms with Crippen LogP contribution in [0.1, 0.15) is 15.9 Å². The zero-order valence-corrected chi connectivity index (χ0v) is 10.3. The molecule has 19 heavy (non-hydrogen) atoms. The van der Waals surface area contributed by atoms with Crippen molar-refractivity contribution in [3.05, 3.63) is 65.7 Å². The highest BCUT2D eigenvalue weighted by Crippen LogP contribution is 2.21. The molecule has 3 rings (SSSR count). The van der Waals surface area contributed by atoms with Crippen molar-refractivity contribution in [3.8, 4) is 0 Å². The van der Waals surface area contributed by atoms with Gasteiger partial charge in [0.1, 0.15) is 6.04 Å². The van der Waals surface area contributed by atoms with Gasteiger partial charge < -0.3 is 5.32 Å². The topological polar surface area (TPSA) is 46.2 Å². The van der Waals surface area contributed by atoms with Crippen LogP contribution in [0, 0.1) is 0 Å². The molecule has 1 unspecified atom stereocenters. The van der Waals surface area contributed by atoms with Gasteiger partial charge in [-0.15, -0.1) is 0 Å². The van der Waals surface area contributed by atoms with Crippen molar-refractivity contribution in [1.82, 2.24) is 0 Å². The standard InChI is InChI=1S/C16H13NO2/c18-14-10-11-6-4-5-9-13(11)16(19)15(14)17-12-7-2-1-3-8-12/h1-9,15,17H,10H2. The summed E-state index contributed by atoms with van der Waals surface area (Å²) < 4.78 is 0. The fourth-order valence-electron chi connectivity index (χ4n) is 2.35. The lowest BCUT2D eigenvalue weighted by Gasteiger charge is -2.23. The van der Waals surface area contributed by atoms with E-state index in [1.54, 1.807) is 6.07 Å². The molecular weight excluding hydrogens is 238 g/mol. The summed E-state index contributed by atoms with van der Waals surface area (Å²) in [6.07, 6.45) is 0.312. The fraction of sp³-hybridized carbons (Fsp3) is 0.125. The van der Waals surface area contributed by atoms with Crippen LogP contribution < -0.4 is 5.32 Å². The molecule has 0 aliphatic heterocycles. The summed E-state index contributed by atoms with van der Waals surface area (Å²) >= 11 is 0. The second-order valence-corrected chi connectivity index (χ2v) is 4.61. The number of nitrogens with one attached hydrogen (secondary N) is 1. The zero-order valence-electron chi connectivity index (χ0n) is 10.3. The molecule has 3 nitrogen and oxygen atoms in total. The van der Waals surface area contributed by atoms with Crippen LogP contribution >= 0.6 is 0 Å². The van der Waals surface area contributed by atoms with Crippen molar-refractivity contribution in [2.45, 2.75) is 12.5 Å². The molecule has 2 aromatic carbocycles. The molecule has 0 amide bonds. The monoisotopic (exact) mass is 251 g/mol. The number of rotatable bonds is 2. The lowest BCUT2D eigenvalue weighted by Crippen LogP contribution is -2.42. The molecule has 2 aromatic rings. The van der Waals surface area contributed by atoms with Gasteiger partial charge in [0, 0.05) is 17.7 Å². The molecule has 94 valence electrons. The van der Waals surface area contributed by atoms with Crippen molar-refractivity contribution in [1.29, 1.82) is 0 Å². The maximum atomic E-state index is 12.3. The Kier molecular flexibility index (Phi) is 2.88. The van der Waals surface area contributed by atoms with E-state index in [2.05, 4.69) is 5.32 Å². The van der Waals surface area contributed by atoms with Crippen molar-refractivity contribution < 1.29 is 9.59 Å². The summed E-state index contributed by atoms with van der Waals surface area (Å²) in [6, 6.07) is 15.9. The van der Waals surface area contributed by atoms with Crippen LogP contribution in [0.4, 0.5) is 5.69 Å². The summed E-state index contributed by atoms with van der Waals surface area (Å²) in [6.45, 7) is 0. The van der Waals surface area contributed by atoms with Crippen LogP contribution in [0.15, 0.2) is 54.6 Å². The summed E-state index contributed by atoms with van der Waals surface area (Å²) in [4.78, 5) is 24.4. The number of benzene rings is 2. The highest BCUT2D eigenvalue weighted by atomic mass is 16.2. The largest absolute Gasteiger partial charge is 0.369 e. The Hall–Kier alpha value is -2.42. The Morgan fingerprint density at radius 1 is 0.895 bits per heavy atom. The Balaban J connectivity index is 1.92. The lowest BCUT2D eigenvalue weighted by molar-refractivity contribution is -0.118. The minimum absolute atomic E-state index is 0.0763. The van der Waals surface area contributed by atoms with E-state index in [1.165, 1.54) is 0 Å². The van der Waals surface area contributed by atoms with Crippen LogP contribution in [-0.2, 0) is 11.2 Å². The van der Waals surface area contributed by atoms with E-state index >= 15 is 0 Å². The number of para-hydroxylation sites is 1. The molecular formula is C16H13NO2. The van der Waals surface area contributed by atoms with Crippen molar-refractivity contribution >= 4 is 17.3 Å². The SMILES string of the molecule is O=C1Cc2ccccc2C(=O)C1Nc1ccccc1. The van der Waals surface area contributed by atoms with E-state index < -0.39 is 6.04 Å². The Morgan fingerprint density at radius 2 is 1.58 bits per heavy atom. The second kappa shape index (κ2) is 4.69. The number of hydrogen-bond acceptors (Lipinski definition) is 3. The predicted octanol–water partition coefficient (Wildman–Crippen LogP) is 2.48. The van der Waals surface area contributed by atoms with E-state index in [4.69, 9.17) is 0 Å². The van der Waals surface area contributed by atoms with Crippen LogP contribution in [-0.4, -0.2) is 17.6 Å². The number of anilines is 1. The highest BCUT2D eigenvalue weighted by molar-refractivity contribution is 6.20. The van der Waals surface area contributed by atoms with Crippen LogP contribution in [0.2, 0.25) is 0 Å². The molecule has 0 radical (unpaired) electrons. The van der Waals surface area contributed by atoms with E-state index in [0.717, 1.165) is 11.3 Å². The van der Waals surface area contributed by atoms with Crippen molar-refractivity contribution in [2.75, 3.05) is 5.32 Å². The molecule has 0 bridgehead atoms. The minimum atomic E-state index is -0.766. The smallest absolute Gasteiger partial charge is 0.192 e. The maximum Gasteiger partial charge on any atom is 0.192 e. The highest BCUT2D eigenvalue weighted by Gasteiger charge is 2.33. The molecule has 0 saturated carbocycles. The van der Waals surface area contributed by atoms with Gasteiger partial charge in [-0.1, -0.05) is 42.5 Å². The third kappa shape index (κ3) is 2.15. The van der Waals surface area contributed by atoms with Crippen LogP contribution in [0.25, 0.3) is 0 Å². The predicted molar refractivity (Wildman–Crippen MR) is 73.3 cm³/mol. The van der Waals surface area contributed by atoms with Gasteiger partial charge in [0.15, 0.2) is 11.6 Å². The number of carbonyl (C=O) groups is 2. The van der Waals surface area contributed by atoms with E-state index in [1.807, 2.05) is 48.5 Å². The first-order valence-corrected chi connectivity index (χ1v) is 6.22. The third-order valence-corrected chi connectivity index (χ3v) is 3.32. The Morgan fingerprint density at radius 3 is 2.37 bits per heavy atom. The Labute approximate surface area is 111 Å². The first-order valence-electron chi connectivity index (χ1n) is 6.22. The average Bonchev–Trinajstić information content (AvgIpc) is 2.45. The first kappa shape index (κ1) is 11.7. The Bertz CT molecular complexity index is 634.